The van der Waals surface area contributed by atoms with Crippen LogP contribution in [0.3, 0.4) is 0 Å². The molecule has 0 aliphatic carbocycles. The van der Waals surface area contributed by atoms with Crippen LogP contribution in [0.5, 0.6) is 23.0 Å². The van der Waals surface area contributed by atoms with Gasteiger partial charge in [0.1, 0.15) is 40.1 Å². The summed E-state index contributed by atoms with van der Waals surface area (Å²) in [5.74, 6) is -0.226. The highest BCUT2D eigenvalue weighted by Gasteiger charge is 2.19. The van der Waals surface area contributed by atoms with Crippen LogP contribution in [0.25, 0.3) is 32.7 Å². The van der Waals surface area contributed by atoms with Crippen LogP contribution in [-0.2, 0) is 26.2 Å². The lowest BCUT2D eigenvalue weighted by molar-refractivity contribution is 0.474. The minimum Gasteiger partial charge on any atom is -0.508 e. The van der Waals surface area contributed by atoms with Gasteiger partial charge in [-0.05, 0) is 126 Å². The van der Waals surface area contributed by atoms with E-state index in [0.717, 1.165) is 28.2 Å². The molecule has 0 fully saturated rings. The van der Waals surface area contributed by atoms with Gasteiger partial charge in [-0.2, -0.15) is 5.11 Å². The van der Waals surface area contributed by atoms with Crippen LogP contribution in [0.15, 0.2) is 203 Å². The molecule has 0 bridgehead atoms. The zero-order valence-corrected chi connectivity index (χ0v) is 38.6. The summed E-state index contributed by atoms with van der Waals surface area (Å²) >= 11 is 0. The van der Waals surface area contributed by atoms with Gasteiger partial charge in [0.25, 0.3) is 0 Å². The van der Waals surface area contributed by atoms with E-state index in [4.69, 9.17) is 16.5 Å². The number of nitrogens with two attached hydrogens (primary N) is 2. The Morgan fingerprint density at radius 2 is 1.01 bits per heavy atom. The van der Waals surface area contributed by atoms with E-state index in [9.17, 15) is 20.4 Å². The molecule has 10 rings (SSSR count). The van der Waals surface area contributed by atoms with Gasteiger partial charge in [0, 0.05) is 52.4 Å². The second kappa shape index (κ2) is 20.3. The number of azo groups is 2. The lowest BCUT2D eigenvalue weighted by Gasteiger charge is -2.25. The zero-order chi connectivity index (χ0) is 49.6. The first-order valence-corrected chi connectivity index (χ1v) is 22.8. The molecule has 0 amide bonds. The first-order chi connectivity index (χ1) is 35.1. The molecule has 8 N–H and O–H groups in total. The molecule has 0 aliphatic heterocycles. The van der Waals surface area contributed by atoms with Crippen molar-refractivity contribution in [3.8, 4) is 34.1 Å². The van der Waals surface area contributed by atoms with Crippen LogP contribution in [0.1, 0.15) is 22.8 Å². The van der Waals surface area contributed by atoms with Crippen molar-refractivity contribution in [3.05, 3.63) is 205 Å². The third-order valence-electron chi connectivity index (χ3n) is 12.0. The fourth-order valence-corrected chi connectivity index (χ4v) is 8.43. The van der Waals surface area contributed by atoms with E-state index >= 15 is 0 Å². The maximum absolute atomic E-state index is 11.5. The number of benzene rings is 6. The highest BCUT2D eigenvalue weighted by Crippen LogP contribution is 2.43. The number of aromatic hydroxyl groups is 4. The topological polar surface area (TPSA) is 240 Å². The van der Waals surface area contributed by atoms with Crippen molar-refractivity contribution >= 4 is 67.0 Å². The Morgan fingerprint density at radius 1 is 0.444 bits per heavy atom. The first-order valence-electron chi connectivity index (χ1n) is 22.8. The van der Waals surface area contributed by atoms with Gasteiger partial charge in [-0.3, -0.25) is 19.9 Å². The van der Waals surface area contributed by atoms with Crippen LogP contribution in [0.4, 0.5) is 45.5 Å². The van der Waals surface area contributed by atoms with E-state index in [0.29, 0.717) is 87.6 Å². The van der Waals surface area contributed by atoms with Crippen molar-refractivity contribution in [3.63, 3.8) is 0 Å². The Labute approximate surface area is 413 Å². The summed E-state index contributed by atoms with van der Waals surface area (Å²) < 4.78 is 0. The molecule has 4 heterocycles. The van der Waals surface area contributed by atoms with Gasteiger partial charge in [0.15, 0.2) is 0 Å². The lowest BCUT2D eigenvalue weighted by atomic mass is 9.99. The van der Waals surface area contributed by atoms with Crippen molar-refractivity contribution < 1.29 is 20.4 Å². The normalized spacial score (nSPS) is 11.5. The van der Waals surface area contributed by atoms with Crippen LogP contribution in [0, 0.1) is 0 Å². The van der Waals surface area contributed by atoms with Gasteiger partial charge in [0.05, 0.1) is 71.7 Å². The molecule has 0 radical (unpaired) electrons. The molecule has 4 aromatic heterocycles. The number of anilines is 4. The summed E-state index contributed by atoms with van der Waals surface area (Å²) in [6, 6.07) is 46.5. The quantitative estimate of drug-likeness (QED) is 0.0415. The van der Waals surface area contributed by atoms with E-state index in [1.165, 1.54) is 12.1 Å². The Kier molecular flexibility index (Phi) is 12.9. The van der Waals surface area contributed by atoms with Gasteiger partial charge in [-0.25, -0.2) is 0 Å². The highest BCUT2D eigenvalue weighted by atomic mass is 16.3. The summed E-state index contributed by atoms with van der Waals surface area (Å²) in [5.41, 5.74) is 21.0. The van der Waals surface area contributed by atoms with Crippen LogP contribution >= 0.6 is 0 Å². The number of fused-ring (bicyclic) bond motifs is 2. The van der Waals surface area contributed by atoms with Crippen LogP contribution < -0.4 is 21.3 Å². The molecule has 0 saturated heterocycles. The predicted octanol–water partition coefficient (Wildman–Crippen LogP) is 12.5. The number of rotatable bonds is 15. The van der Waals surface area contributed by atoms with Gasteiger partial charge < -0.3 is 41.7 Å². The minimum atomic E-state index is -0.112. The number of aromatic nitrogens is 4. The van der Waals surface area contributed by atoms with E-state index in [-0.39, 0.29) is 34.4 Å². The Bertz CT molecular complexity index is 3570. The third kappa shape index (κ3) is 10.2. The molecule has 16 heteroatoms. The Hall–Kier alpha value is -9.96. The summed E-state index contributed by atoms with van der Waals surface area (Å²) in [4.78, 5) is 22.6. The molecule has 0 spiro atoms. The smallest absolute Gasteiger partial charge is 0.143 e. The van der Waals surface area contributed by atoms with Crippen LogP contribution in [0.2, 0.25) is 0 Å². The van der Waals surface area contributed by atoms with Gasteiger partial charge in [-0.15, -0.1) is 15.3 Å². The van der Waals surface area contributed by atoms with E-state index < -0.39 is 0 Å². The average Bonchev–Trinajstić information content (AvgIpc) is 3.39. The van der Waals surface area contributed by atoms with E-state index in [1.54, 1.807) is 85.5 Å². The molecular formula is C56H46N12O4. The molecule has 10 aromatic rings. The summed E-state index contributed by atoms with van der Waals surface area (Å²) in [6.07, 6.45) is 6.94. The molecule has 354 valence electrons. The number of pyridine rings is 4. The summed E-state index contributed by atoms with van der Waals surface area (Å²) in [7, 11) is 0. The minimum absolute atomic E-state index is 0.0295. The maximum Gasteiger partial charge on any atom is 0.143 e. The zero-order valence-electron chi connectivity index (χ0n) is 38.6. The lowest BCUT2D eigenvalue weighted by Crippen LogP contribution is -2.24. The summed E-state index contributed by atoms with van der Waals surface area (Å²) in [6.45, 7) is 1.69. The van der Waals surface area contributed by atoms with Crippen molar-refractivity contribution in [2.75, 3.05) is 21.3 Å². The SMILES string of the molecule is Nc1ccc(N(Cc2ccccn2)Cc2ccc(-c3cc4ccc(O)c(N=Nc5ccc(N(Cc6ccccn6)Cc6ccccn6)c(N)c5)c4cc3O)cn2)c(N=Nc2c(O)ccc3ccc(O)cc23)c1. The maximum atomic E-state index is 11.5. The summed E-state index contributed by atoms with van der Waals surface area (Å²) in [5, 5.41) is 64.1. The van der Waals surface area contributed by atoms with Gasteiger partial charge in [0.2, 0.25) is 0 Å². The van der Waals surface area contributed by atoms with Crippen molar-refractivity contribution in [1.29, 1.82) is 0 Å². The monoisotopic (exact) mass is 950 g/mol. The fourth-order valence-electron chi connectivity index (χ4n) is 8.43. The highest BCUT2D eigenvalue weighted by molar-refractivity contribution is 5.99. The molecule has 0 atom stereocenters. The molecule has 72 heavy (non-hydrogen) atoms. The number of nitrogen functional groups attached to an aromatic ring is 2. The largest absolute Gasteiger partial charge is 0.508 e. The Morgan fingerprint density at radius 3 is 1.61 bits per heavy atom. The number of nitrogens with zero attached hydrogens (tertiary/aromatic N) is 10. The van der Waals surface area contributed by atoms with E-state index in [2.05, 4.69) is 40.3 Å². The van der Waals surface area contributed by atoms with E-state index in [1.807, 2.05) is 89.8 Å². The number of phenolic OH excluding ortho intramolecular Hbond substituents is 4. The molecule has 6 aromatic carbocycles. The van der Waals surface area contributed by atoms with Crippen LogP contribution in [-0.4, -0.2) is 40.4 Å². The van der Waals surface area contributed by atoms with Crippen molar-refractivity contribution in [1.82, 2.24) is 19.9 Å². The van der Waals surface area contributed by atoms with Gasteiger partial charge >= 0.3 is 0 Å². The number of hydrogen-bond acceptors (Lipinski definition) is 16. The Balaban J connectivity index is 0.908. The number of hydrogen-bond donors (Lipinski definition) is 6. The van der Waals surface area contributed by atoms with Gasteiger partial charge in [-0.1, -0.05) is 42.5 Å². The van der Waals surface area contributed by atoms with Crippen molar-refractivity contribution in [2.24, 2.45) is 20.5 Å². The molecule has 16 nitrogen and oxygen atoms in total. The standard InChI is InChI=1S/C56H46N12O4/c57-38-14-18-51(49(26-38)64-66-55-46-28-44(69)17-11-35(46)12-20-52(55)70)68(33-42-9-3-6-24-61-42)34-43-15-10-37(30-62-43)45-25-36-13-21-53(71)56(47(36)29-54(45)72)65-63-39-16-19-50(48(58)27-39)67(31-40-7-1-4-22-59-40)32-41-8-2-5-23-60-41/h1-30,69-72H,31-34,57-58H2. The fraction of sp³-hybridized carbons (Fsp3) is 0.0714. The molecule has 0 aliphatic rings. The average molecular weight is 951 g/mol. The second-order valence-electron chi connectivity index (χ2n) is 17.0. The predicted molar refractivity (Wildman–Crippen MR) is 280 cm³/mol. The molecule has 0 unspecified atom stereocenters. The third-order valence-corrected chi connectivity index (χ3v) is 12.0. The second-order valence-corrected chi connectivity index (χ2v) is 17.0. The van der Waals surface area contributed by atoms with Crippen molar-refractivity contribution in [2.45, 2.75) is 26.2 Å². The first kappa shape index (κ1) is 45.8. The number of phenols is 4. The molecule has 0 saturated carbocycles. The molecular weight excluding hydrogens is 905 g/mol.